The van der Waals surface area contributed by atoms with Gasteiger partial charge in [0.05, 0.1) is 11.1 Å². The molecule has 2 aromatic heterocycles. The van der Waals surface area contributed by atoms with Gasteiger partial charge in [0.1, 0.15) is 0 Å². The topological polar surface area (TPSA) is 77.8 Å². The highest BCUT2D eigenvalue weighted by Gasteiger charge is 2.29. The summed E-state index contributed by atoms with van der Waals surface area (Å²) in [6.07, 6.45) is 3.30. The van der Waals surface area contributed by atoms with Crippen LogP contribution < -0.4 is 5.73 Å². The third kappa shape index (κ3) is 2.29. The molecule has 5 heteroatoms. The van der Waals surface area contributed by atoms with E-state index in [1.54, 1.807) is 6.20 Å². The molecule has 0 unspecified atom stereocenters. The number of hydrogen-bond donors (Lipinski definition) is 1. The highest BCUT2D eigenvalue weighted by molar-refractivity contribution is 5.92. The Morgan fingerprint density at radius 1 is 1.14 bits per heavy atom. The monoisotopic (exact) mass is 282 g/mol. The fourth-order valence-electron chi connectivity index (χ4n) is 2.39. The Labute approximate surface area is 123 Å². The van der Waals surface area contributed by atoms with Crippen molar-refractivity contribution in [3.8, 4) is 11.5 Å². The molecule has 0 aliphatic carbocycles. The number of pyridine rings is 1. The van der Waals surface area contributed by atoms with Gasteiger partial charge in [-0.1, -0.05) is 31.1 Å². The molecule has 21 heavy (non-hydrogen) atoms. The molecular weight excluding hydrogens is 264 g/mol. The Bertz CT molecular complexity index is 756. The van der Waals surface area contributed by atoms with Gasteiger partial charge in [-0.25, -0.2) is 0 Å². The van der Waals surface area contributed by atoms with Crippen LogP contribution in [-0.2, 0) is 5.54 Å². The van der Waals surface area contributed by atoms with E-state index in [4.69, 9.17) is 10.3 Å². The number of benzene rings is 1. The Kier molecular flexibility index (Phi) is 3.43. The molecule has 5 nitrogen and oxygen atoms in total. The molecule has 1 aromatic carbocycles. The van der Waals surface area contributed by atoms with Gasteiger partial charge in [-0.05, 0) is 31.0 Å². The first-order valence-electron chi connectivity index (χ1n) is 7.15. The van der Waals surface area contributed by atoms with Gasteiger partial charge in [0.15, 0.2) is 5.82 Å². The van der Waals surface area contributed by atoms with E-state index in [1.807, 2.05) is 44.2 Å². The zero-order valence-electron chi connectivity index (χ0n) is 12.2. The minimum atomic E-state index is -0.537. The molecule has 3 rings (SSSR count). The minimum absolute atomic E-state index is 0.486. The van der Waals surface area contributed by atoms with Crippen molar-refractivity contribution in [2.45, 2.75) is 32.2 Å². The Hall–Kier alpha value is -2.27. The van der Waals surface area contributed by atoms with E-state index in [9.17, 15) is 0 Å². The van der Waals surface area contributed by atoms with Crippen LogP contribution in [0.5, 0.6) is 0 Å². The highest BCUT2D eigenvalue weighted by Crippen LogP contribution is 2.29. The lowest BCUT2D eigenvalue weighted by molar-refractivity contribution is 0.350. The fraction of sp³-hybridized carbons (Fsp3) is 0.312. The molecule has 0 spiro atoms. The van der Waals surface area contributed by atoms with Crippen LogP contribution in [0.25, 0.3) is 22.4 Å². The third-order valence-corrected chi connectivity index (χ3v) is 4.01. The summed E-state index contributed by atoms with van der Waals surface area (Å²) in [6, 6.07) is 9.74. The Morgan fingerprint density at radius 2 is 1.95 bits per heavy atom. The van der Waals surface area contributed by atoms with Crippen molar-refractivity contribution in [3.63, 3.8) is 0 Å². The van der Waals surface area contributed by atoms with Crippen molar-refractivity contribution in [2.75, 3.05) is 0 Å². The van der Waals surface area contributed by atoms with Crippen LogP contribution in [0.3, 0.4) is 0 Å². The van der Waals surface area contributed by atoms with Crippen LogP contribution in [0.15, 0.2) is 41.1 Å². The van der Waals surface area contributed by atoms with Crippen LogP contribution in [0.1, 0.15) is 32.5 Å². The van der Waals surface area contributed by atoms with Crippen molar-refractivity contribution in [1.82, 2.24) is 15.1 Å². The lowest BCUT2D eigenvalue weighted by Gasteiger charge is -2.21. The largest absolute Gasteiger partial charge is 0.334 e. The molecule has 2 N–H and O–H groups in total. The predicted octanol–water partition coefficient (Wildman–Crippen LogP) is 3.26. The maximum atomic E-state index is 6.32. The van der Waals surface area contributed by atoms with Gasteiger partial charge in [-0.15, -0.1) is 0 Å². The summed E-state index contributed by atoms with van der Waals surface area (Å²) in [5, 5.41) is 5.07. The standard InChI is InChI=1S/C16H18N4O/c1-3-16(17,4-2)15-19-14(21-20-15)12-7-5-9-13-11(12)8-6-10-18-13/h5-10H,3-4,17H2,1-2H3. The summed E-state index contributed by atoms with van der Waals surface area (Å²) < 4.78 is 5.44. The van der Waals surface area contributed by atoms with Crippen LogP contribution in [0, 0.1) is 0 Å². The molecule has 0 saturated heterocycles. The summed E-state index contributed by atoms with van der Waals surface area (Å²) in [5.41, 5.74) is 7.57. The second-order valence-electron chi connectivity index (χ2n) is 5.16. The van der Waals surface area contributed by atoms with Crippen molar-refractivity contribution < 1.29 is 4.52 Å². The van der Waals surface area contributed by atoms with E-state index in [0.29, 0.717) is 11.7 Å². The smallest absolute Gasteiger partial charge is 0.258 e. The summed E-state index contributed by atoms with van der Waals surface area (Å²) in [6.45, 7) is 4.06. The molecule has 0 amide bonds. The zero-order chi connectivity index (χ0) is 14.9. The molecule has 2 heterocycles. The SMILES string of the molecule is CCC(N)(CC)c1noc(-c2cccc3ncccc23)n1. The van der Waals surface area contributed by atoms with E-state index in [2.05, 4.69) is 15.1 Å². The third-order valence-electron chi connectivity index (χ3n) is 4.01. The molecular formula is C16H18N4O. The molecule has 0 aliphatic heterocycles. The maximum Gasteiger partial charge on any atom is 0.258 e. The van der Waals surface area contributed by atoms with Crippen molar-refractivity contribution in [1.29, 1.82) is 0 Å². The molecule has 0 atom stereocenters. The summed E-state index contributed by atoms with van der Waals surface area (Å²) in [7, 11) is 0. The van der Waals surface area contributed by atoms with Gasteiger partial charge in [0.25, 0.3) is 5.89 Å². The van der Waals surface area contributed by atoms with Gasteiger partial charge in [0.2, 0.25) is 0 Å². The lowest BCUT2D eigenvalue weighted by atomic mass is 9.93. The van der Waals surface area contributed by atoms with Gasteiger partial charge >= 0.3 is 0 Å². The Morgan fingerprint density at radius 3 is 2.71 bits per heavy atom. The summed E-state index contributed by atoms with van der Waals surface area (Å²) >= 11 is 0. The average Bonchev–Trinajstić information content (AvgIpc) is 3.04. The van der Waals surface area contributed by atoms with E-state index >= 15 is 0 Å². The quantitative estimate of drug-likeness (QED) is 0.794. The number of aromatic nitrogens is 3. The van der Waals surface area contributed by atoms with Crippen LogP contribution >= 0.6 is 0 Å². The normalized spacial score (nSPS) is 12.0. The first kappa shape index (κ1) is 13.7. The number of nitrogens with zero attached hydrogens (tertiary/aromatic N) is 3. The van der Waals surface area contributed by atoms with Gasteiger partial charge in [-0.2, -0.15) is 4.98 Å². The van der Waals surface area contributed by atoms with Crippen LogP contribution in [-0.4, -0.2) is 15.1 Å². The summed E-state index contributed by atoms with van der Waals surface area (Å²) in [5.74, 6) is 1.05. The number of fused-ring (bicyclic) bond motifs is 1. The second kappa shape index (κ2) is 5.26. The first-order valence-corrected chi connectivity index (χ1v) is 7.15. The molecule has 0 fully saturated rings. The fourth-order valence-corrected chi connectivity index (χ4v) is 2.39. The van der Waals surface area contributed by atoms with Crippen molar-refractivity contribution in [2.24, 2.45) is 5.73 Å². The first-order chi connectivity index (χ1) is 10.2. The van der Waals surface area contributed by atoms with Gasteiger partial charge in [0, 0.05) is 17.1 Å². The van der Waals surface area contributed by atoms with Crippen molar-refractivity contribution in [3.05, 3.63) is 42.4 Å². The molecule has 108 valence electrons. The molecule has 3 aromatic rings. The number of hydrogen-bond acceptors (Lipinski definition) is 5. The second-order valence-corrected chi connectivity index (χ2v) is 5.16. The zero-order valence-corrected chi connectivity index (χ0v) is 12.2. The molecule has 0 saturated carbocycles. The predicted molar refractivity (Wildman–Crippen MR) is 81.5 cm³/mol. The minimum Gasteiger partial charge on any atom is -0.334 e. The maximum absolute atomic E-state index is 6.32. The van der Waals surface area contributed by atoms with Crippen molar-refractivity contribution >= 4 is 10.9 Å². The molecule has 0 aliphatic rings. The Balaban J connectivity index is 2.11. The van der Waals surface area contributed by atoms with Gasteiger partial charge in [-0.3, -0.25) is 4.98 Å². The lowest BCUT2D eigenvalue weighted by Crippen LogP contribution is -2.36. The van der Waals surface area contributed by atoms with Crippen LogP contribution in [0.4, 0.5) is 0 Å². The number of nitrogens with two attached hydrogens (primary N) is 1. The summed E-state index contributed by atoms with van der Waals surface area (Å²) in [4.78, 5) is 8.85. The van der Waals surface area contributed by atoms with E-state index in [0.717, 1.165) is 29.3 Å². The van der Waals surface area contributed by atoms with Gasteiger partial charge < -0.3 is 10.3 Å². The van der Waals surface area contributed by atoms with E-state index in [1.165, 1.54) is 0 Å². The van der Waals surface area contributed by atoms with Crippen LogP contribution in [0.2, 0.25) is 0 Å². The average molecular weight is 282 g/mol. The van der Waals surface area contributed by atoms with E-state index < -0.39 is 5.54 Å². The molecule has 0 bridgehead atoms. The highest BCUT2D eigenvalue weighted by atomic mass is 16.5. The number of rotatable bonds is 4. The molecule has 0 radical (unpaired) electrons. The van der Waals surface area contributed by atoms with E-state index in [-0.39, 0.29) is 0 Å².